The van der Waals surface area contributed by atoms with Crippen LogP contribution in [0.5, 0.6) is 0 Å². The Morgan fingerprint density at radius 1 is 1.31 bits per heavy atom. The topological polar surface area (TPSA) is 99.0 Å². The number of nitrogens with one attached hydrogen (secondary N) is 1. The number of esters is 1. The Morgan fingerprint density at radius 2 is 2.08 bits per heavy atom. The lowest BCUT2D eigenvalue weighted by atomic mass is 10.0. The first-order chi connectivity index (χ1) is 12.4. The molecule has 0 spiro atoms. The number of aryl methyl sites for hydroxylation is 2. The zero-order chi connectivity index (χ0) is 19.1. The Balaban J connectivity index is 2.00. The maximum Gasteiger partial charge on any atom is 0.329 e. The number of ether oxygens (including phenoxy) is 1. The van der Waals surface area contributed by atoms with Crippen molar-refractivity contribution in [2.75, 3.05) is 0 Å². The molecular weight excluding hydrogens is 334 g/mol. The van der Waals surface area contributed by atoms with Crippen molar-refractivity contribution in [3.05, 3.63) is 41.2 Å². The van der Waals surface area contributed by atoms with E-state index in [1.165, 1.54) is 0 Å². The Kier molecular flexibility index (Phi) is 6.82. The molecule has 0 bridgehead atoms. The predicted octanol–water partition coefficient (Wildman–Crippen LogP) is 1.89. The number of carbonyl (C=O) groups is 2. The molecule has 1 atom stereocenters. The molecule has 0 aliphatic carbocycles. The number of amides is 1. The first-order valence-corrected chi connectivity index (χ1v) is 8.71. The van der Waals surface area contributed by atoms with Crippen LogP contribution in [-0.2, 0) is 22.7 Å². The van der Waals surface area contributed by atoms with Gasteiger partial charge in [0.2, 0.25) is 0 Å². The smallest absolute Gasteiger partial charge is 0.329 e. The van der Waals surface area contributed by atoms with E-state index in [-0.39, 0.29) is 18.4 Å². The molecule has 2 aromatic rings. The highest BCUT2D eigenvalue weighted by atomic mass is 16.5. The van der Waals surface area contributed by atoms with E-state index in [2.05, 4.69) is 20.8 Å². The molecule has 1 heterocycles. The summed E-state index contributed by atoms with van der Waals surface area (Å²) in [6, 6.07) is 6.45. The van der Waals surface area contributed by atoms with E-state index < -0.39 is 12.0 Å². The van der Waals surface area contributed by atoms with Gasteiger partial charge in [-0.3, -0.25) is 4.79 Å². The molecule has 8 nitrogen and oxygen atoms in total. The summed E-state index contributed by atoms with van der Waals surface area (Å²) in [7, 11) is 0. The minimum atomic E-state index is -0.751. The molecule has 0 aliphatic heterocycles. The number of tetrazole rings is 1. The van der Waals surface area contributed by atoms with Gasteiger partial charge in [0, 0.05) is 12.1 Å². The van der Waals surface area contributed by atoms with Crippen molar-refractivity contribution in [1.29, 1.82) is 0 Å². The normalized spacial score (nSPS) is 12.0. The van der Waals surface area contributed by atoms with E-state index in [1.807, 2.05) is 33.8 Å². The van der Waals surface area contributed by atoms with Crippen LogP contribution in [0.3, 0.4) is 0 Å². The molecule has 0 aliphatic rings. The first-order valence-electron chi connectivity index (χ1n) is 8.71. The average Bonchev–Trinajstić information content (AvgIpc) is 3.04. The highest BCUT2D eigenvalue weighted by molar-refractivity contribution is 5.97. The molecule has 140 valence electrons. The van der Waals surface area contributed by atoms with Gasteiger partial charge >= 0.3 is 5.97 Å². The van der Waals surface area contributed by atoms with Crippen LogP contribution in [-0.4, -0.2) is 38.1 Å². The Morgan fingerprint density at radius 3 is 2.73 bits per heavy atom. The number of nitrogens with zero attached hydrogens (tertiary/aromatic N) is 4. The van der Waals surface area contributed by atoms with Gasteiger partial charge < -0.3 is 10.1 Å². The Bertz CT molecular complexity index is 757. The number of rotatable bonds is 8. The molecule has 0 fully saturated rings. The molecule has 0 radical (unpaired) electrons. The fraction of sp³-hybridized carbons (Fsp3) is 0.500. The SMILES string of the molecule is CCCn1nnnc1COC(=O)[C@H](NC(=O)c1cccc(C)c1)C(C)C. The van der Waals surface area contributed by atoms with E-state index in [9.17, 15) is 9.59 Å². The quantitative estimate of drug-likeness (QED) is 0.723. The summed E-state index contributed by atoms with van der Waals surface area (Å²) in [5, 5.41) is 14.1. The largest absolute Gasteiger partial charge is 0.456 e. The number of benzene rings is 1. The van der Waals surface area contributed by atoms with Crippen molar-refractivity contribution >= 4 is 11.9 Å². The van der Waals surface area contributed by atoms with Crippen LogP contribution in [0.2, 0.25) is 0 Å². The minimum absolute atomic E-state index is 0.0324. The molecule has 1 N–H and O–H groups in total. The molecular formula is C18H25N5O3. The maximum atomic E-state index is 12.5. The third kappa shape index (κ3) is 5.11. The van der Waals surface area contributed by atoms with Gasteiger partial charge in [0.05, 0.1) is 0 Å². The fourth-order valence-corrected chi connectivity index (χ4v) is 2.45. The predicted molar refractivity (Wildman–Crippen MR) is 95.2 cm³/mol. The number of aromatic nitrogens is 4. The van der Waals surface area contributed by atoms with Crippen LogP contribution in [0.4, 0.5) is 0 Å². The summed E-state index contributed by atoms with van der Waals surface area (Å²) in [5.41, 5.74) is 1.49. The van der Waals surface area contributed by atoms with E-state index in [4.69, 9.17) is 4.74 Å². The molecule has 8 heteroatoms. The van der Waals surface area contributed by atoms with Gasteiger partial charge in [0.25, 0.3) is 5.91 Å². The molecule has 26 heavy (non-hydrogen) atoms. The summed E-state index contributed by atoms with van der Waals surface area (Å²) in [4.78, 5) is 24.9. The summed E-state index contributed by atoms with van der Waals surface area (Å²) in [6.45, 7) is 8.23. The van der Waals surface area contributed by atoms with Crippen LogP contribution in [0, 0.1) is 12.8 Å². The van der Waals surface area contributed by atoms with Crippen LogP contribution < -0.4 is 5.32 Å². The highest BCUT2D eigenvalue weighted by Crippen LogP contribution is 2.09. The third-order valence-corrected chi connectivity index (χ3v) is 3.87. The standard InChI is InChI=1S/C18H25N5O3/c1-5-9-23-15(20-21-22-23)11-26-18(25)16(12(2)3)19-17(24)14-8-6-7-13(4)10-14/h6-8,10,12,16H,5,9,11H2,1-4H3,(H,19,24)/t16-/m1/s1. The van der Waals surface area contributed by atoms with Crippen molar-refractivity contribution in [1.82, 2.24) is 25.5 Å². The van der Waals surface area contributed by atoms with Gasteiger partial charge in [-0.05, 0) is 41.8 Å². The van der Waals surface area contributed by atoms with E-state index >= 15 is 0 Å². The van der Waals surface area contributed by atoms with Gasteiger partial charge in [0.1, 0.15) is 6.04 Å². The van der Waals surface area contributed by atoms with Crippen molar-refractivity contribution in [2.24, 2.45) is 5.92 Å². The lowest BCUT2D eigenvalue weighted by Gasteiger charge is -2.21. The van der Waals surface area contributed by atoms with E-state index in [0.717, 1.165) is 12.0 Å². The lowest BCUT2D eigenvalue weighted by molar-refractivity contribution is -0.148. The third-order valence-electron chi connectivity index (χ3n) is 3.87. The van der Waals surface area contributed by atoms with Gasteiger partial charge in [0.15, 0.2) is 12.4 Å². The second kappa shape index (κ2) is 9.07. The van der Waals surface area contributed by atoms with Gasteiger partial charge in [-0.25, -0.2) is 9.48 Å². The lowest BCUT2D eigenvalue weighted by Crippen LogP contribution is -2.45. The summed E-state index contributed by atoms with van der Waals surface area (Å²) >= 11 is 0. The number of carbonyl (C=O) groups excluding carboxylic acids is 2. The monoisotopic (exact) mass is 359 g/mol. The molecule has 1 aromatic carbocycles. The fourth-order valence-electron chi connectivity index (χ4n) is 2.45. The molecule has 2 rings (SSSR count). The second-order valence-electron chi connectivity index (χ2n) is 6.49. The van der Waals surface area contributed by atoms with Crippen molar-refractivity contribution in [3.63, 3.8) is 0 Å². The van der Waals surface area contributed by atoms with Gasteiger partial charge in [-0.2, -0.15) is 0 Å². The Hall–Kier alpha value is -2.77. The van der Waals surface area contributed by atoms with Crippen LogP contribution in [0.25, 0.3) is 0 Å². The Labute approximate surface area is 152 Å². The zero-order valence-corrected chi connectivity index (χ0v) is 15.6. The second-order valence-corrected chi connectivity index (χ2v) is 6.49. The first kappa shape index (κ1) is 19.6. The van der Waals surface area contributed by atoms with Crippen molar-refractivity contribution < 1.29 is 14.3 Å². The summed E-state index contributed by atoms with van der Waals surface area (Å²) in [6.07, 6.45) is 0.868. The molecule has 1 amide bonds. The molecule has 0 unspecified atom stereocenters. The average molecular weight is 359 g/mol. The number of hydrogen-bond acceptors (Lipinski definition) is 6. The van der Waals surface area contributed by atoms with Gasteiger partial charge in [-0.15, -0.1) is 5.10 Å². The highest BCUT2D eigenvalue weighted by Gasteiger charge is 2.26. The van der Waals surface area contributed by atoms with Crippen molar-refractivity contribution in [2.45, 2.75) is 53.3 Å². The zero-order valence-electron chi connectivity index (χ0n) is 15.6. The summed E-state index contributed by atoms with van der Waals surface area (Å²) in [5.74, 6) is -0.456. The molecule has 0 saturated heterocycles. The van der Waals surface area contributed by atoms with E-state index in [0.29, 0.717) is 17.9 Å². The minimum Gasteiger partial charge on any atom is -0.456 e. The van der Waals surface area contributed by atoms with Crippen LogP contribution in [0.15, 0.2) is 24.3 Å². The van der Waals surface area contributed by atoms with Crippen molar-refractivity contribution in [3.8, 4) is 0 Å². The van der Waals surface area contributed by atoms with Gasteiger partial charge in [-0.1, -0.05) is 38.5 Å². The maximum absolute atomic E-state index is 12.5. The van der Waals surface area contributed by atoms with E-state index in [1.54, 1.807) is 22.9 Å². The van der Waals surface area contributed by atoms with Crippen LogP contribution >= 0.6 is 0 Å². The molecule has 1 aromatic heterocycles. The summed E-state index contributed by atoms with van der Waals surface area (Å²) < 4.78 is 6.94. The number of hydrogen-bond donors (Lipinski definition) is 1. The van der Waals surface area contributed by atoms with Crippen LogP contribution in [0.1, 0.15) is 48.9 Å². The molecule has 0 saturated carbocycles.